The molecule has 0 fully saturated rings. The molecule has 1 aromatic rings. The molecule has 1 N–H and O–H groups in total. The third kappa shape index (κ3) is 6.49. The second-order valence-electron chi connectivity index (χ2n) is 4.84. The topological polar surface area (TPSA) is 66.8 Å². The van der Waals surface area contributed by atoms with Crippen LogP contribution in [0.2, 0.25) is 0 Å². The fraction of sp³-hybridized carbons (Fsp3) is 0.375. The summed E-state index contributed by atoms with van der Waals surface area (Å²) in [6.07, 6.45) is 2.22. The van der Waals surface area contributed by atoms with Gasteiger partial charge in [-0.2, -0.15) is 0 Å². The first-order valence-electron chi connectivity index (χ1n) is 6.90. The van der Waals surface area contributed by atoms with E-state index in [1.807, 2.05) is 0 Å². The van der Waals surface area contributed by atoms with Crippen molar-refractivity contribution < 1.29 is 23.8 Å². The molecule has 0 saturated heterocycles. The largest absolute Gasteiger partial charge is 0.469 e. The Morgan fingerprint density at radius 3 is 2.55 bits per heavy atom. The number of benzene rings is 1. The van der Waals surface area contributed by atoms with Crippen LogP contribution in [-0.4, -0.2) is 48.2 Å². The number of amides is 1. The highest BCUT2D eigenvalue weighted by molar-refractivity contribution is 5.92. The Morgan fingerprint density at radius 2 is 2.00 bits per heavy atom. The lowest BCUT2D eigenvalue weighted by Gasteiger charge is -2.22. The van der Waals surface area contributed by atoms with Crippen molar-refractivity contribution in [3.8, 4) is 0 Å². The van der Waals surface area contributed by atoms with Crippen LogP contribution in [0.3, 0.4) is 0 Å². The monoisotopic (exact) mass is 309 g/mol. The molecule has 1 unspecified atom stereocenters. The van der Waals surface area contributed by atoms with E-state index < -0.39 is 12.1 Å². The van der Waals surface area contributed by atoms with Crippen LogP contribution in [0, 0.1) is 5.82 Å². The average molecular weight is 309 g/mol. The lowest BCUT2D eigenvalue weighted by molar-refractivity contribution is -0.141. The minimum atomic E-state index is -0.708. The average Bonchev–Trinajstić information content (AvgIpc) is 2.49. The molecule has 1 aromatic carbocycles. The predicted octanol–water partition coefficient (Wildman–Crippen LogP) is 1.61. The van der Waals surface area contributed by atoms with Crippen molar-refractivity contribution in [1.82, 2.24) is 4.90 Å². The summed E-state index contributed by atoms with van der Waals surface area (Å²) in [5.74, 6) is -1.11. The van der Waals surface area contributed by atoms with E-state index in [-0.39, 0.29) is 31.2 Å². The van der Waals surface area contributed by atoms with Crippen molar-refractivity contribution in [3.63, 3.8) is 0 Å². The fourth-order valence-corrected chi connectivity index (χ4v) is 1.79. The second-order valence-corrected chi connectivity index (χ2v) is 4.84. The molecule has 1 atom stereocenters. The van der Waals surface area contributed by atoms with Crippen molar-refractivity contribution >= 4 is 18.0 Å². The molecular formula is C16H20FNO4. The molecule has 22 heavy (non-hydrogen) atoms. The summed E-state index contributed by atoms with van der Waals surface area (Å²) in [5.41, 5.74) is 0.680. The maximum atomic E-state index is 12.8. The summed E-state index contributed by atoms with van der Waals surface area (Å²) >= 11 is 0. The number of carbonyl (C=O) groups is 2. The summed E-state index contributed by atoms with van der Waals surface area (Å²) in [6.45, 7) is 1.83. The number of hydrogen-bond donors (Lipinski definition) is 1. The first-order valence-corrected chi connectivity index (χ1v) is 6.90. The first-order chi connectivity index (χ1) is 10.4. The van der Waals surface area contributed by atoms with E-state index in [2.05, 4.69) is 4.74 Å². The third-order valence-corrected chi connectivity index (χ3v) is 2.90. The van der Waals surface area contributed by atoms with Gasteiger partial charge in [-0.3, -0.25) is 9.59 Å². The van der Waals surface area contributed by atoms with E-state index in [4.69, 9.17) is 0 Å². The van der Waals surface area contributed by atoms with Gasteiger partial charge in [0.15, 0.2) is 0 Å². The van der Waals surface area contributed by atoms with Crippen LogP contribution in [0.5, 0.6) is 0 Å². The van der Waals surface area contributed by atoms with E-state index in [0.717, 1.165) is 0 Å². The lowest BCUT2D eigenvalue weighted by atomic mass is 10.2. The highest BCUT2D eigenvalue weighted by Crippen LogP contribution is 2.06. The number of rotatable bonds is 7. The zero-order chi connectivity index (χ0) is 16.5. The summed E-state index contributed by atoms with van der Waals surface area (Å²) < 4.78 is 17.3. The van der Waals surface area contributed by atoms with Gasteiger partial charge >= 0.3 is 5.97 Å². The maximum Gasteiger partial charge on any atom is 0.307 e. The minimum Gasteiger partial charge on any atom is -0.469 e. The number of aliphatic hydroxyl groups is 1. The van der Waals surface area contributed by atoms with Crippen molar-refractivity contribution in [1.29, 1.82) is 0 Å². The standard InChI is InChI=1S/C16H20FNO4/c1-12(19)11-18(10-9-16(21)22-2)15(20)8-5-13-3-6-14(17)7-4-13/h3-8,12,19H,9-11H2,1-2H3/b8-5+. The smallest absolute Gasteiger partial charge is 0.307 e. The number of halogens is 1. The number of aliphatic hydroxyl groups excluding tert-OH is 1. The zero-order valence-corrected chi connectivity index (χ0v) is 12.7. The number of esters is 1. The number of hydrogen-bond acceptors (Lipinski definition) is 4. The van der Waals surface area contributed by atoms with Crippen molar-refractivity contribution in [2.75, 3.05) is 20.2 Å². The van der Waals surface area contributed by atoms with Crippen LogP contribution in [0.25, 0.3) is 6.08 Å². The van der Waals surface area contributed by atoms with Crippen molar-refractivity contribution in [2.45, 2.75) is 19.4 Å². The quantitative estimate of drug-likeness (QED) is 0.614. The zero-order valence-electron chi connectivity index (χ0n) is 12.7. The number of ether oxygens (including phenoxy) is 1. The molecule has 0 bridgehead atoms. The second kappa shape index (κ2) is 8.94. The van der Waals surface area contributed by atoms with Crippen LogP contribution >= 0.6 is 0 Å². The molecule has 6 heteroatoms. The number of nitrogens with zero attached hydrogens (tertiary/aromatic N) is 1. The number of methoxy groups -OCH3 is 1. The van der Waals surface area contributed by atoms with E-state index in [0.29, 0.717) is 5.56 Å². The SMILES string of the molecule is COC(=O)CCN(CC(C)O)C(=O)/C=C/c1ccc(F)cc1. The van der Waals surface area contributed by atoms with Crippen LogP contribution in [0.1, 0.15) is 18.9 Å². The summed E-state index contributed by atoms with van der Waals surface area (Å²) in [7, 11) is 1.28. The van der Waals surface area contributed by atoms with Crippen LogP contribution in [0.4, 0.5) is 4.39 Å². The van der Waals surface area contributed by atoms with Gasteiger partial charge in [0.1, 0.15) is 5.82 Å². The summed E-state index contributed by atoms with van der Waals surface area (Å²) in [4.78, 5) is 24.6. The third-order valence-electron chi connectivity index (χ3n) is 2.90. The van der Waals surface area contributed by atoms with Gasteiger partial charge < -0.3 is 14.7 Å². The first kappa shape index (κ1) is 17.8. The Balaban J connectivity index is 2.69. The highest BCUT2D eigenvalue weighted by Gasteiger charge is 2.15. The van der Waals surface area contributed by atoms with Crippen LogP contribution in [0.15, 0.2) is 30.3 Å². The normalized spacial score (nSPS) is 12.2. The molecule has 0 radical (unpaired) electrons. The van der Waals surface area contributed by atoms with E-state index in [1.54, 1.807) is 25.1 Å². The Morgan fingerprint density at radius 1 is 1.36 bits per heavy atom. The molecular weight excluding hydrogens is 289 g/mol. The van der Waals surface area contributed by atoms with Gasteiger partial charge in [0.05, 0.1) is 19.6 Å². The Labute approximate surface area is 129 Å². The molecule has 0 saturated carbocycles. The van der Waals surface area contributed by atoms with Gasteiger partial charge in [0, 0.05) is 19.2 Å². The molecule has 1 amide bonds. The molecule has 0 aromatic heterocycles. The van der Waals surface area contributed by atoms with Gasteiger partial charge in [-0.15, -0.1) is 0 Å². The van der Waals surface area contributed by atoms with E-state index >= 15 is 0 Å². The molecule has 0 heterocycles. The van der Waals surface area contributed by atoms with Crippen LogP contribution in [-0.2, 0) is 14.3 Å². The van der Waals surface area contributed by atoms with Gasteiger partial charge in [0.2, 0.25) is 5.91 Å². The molecule has 1 rings (SSSR count). The molecule has 120 valence electrons. The Kier molecular flexibility index (Phi) is 7.25. The molecule has 0 aliphatic heterocycles. The van der Waals surface area contributed by atoms with Gasteiger partial charge in [-0.25, -0.2) is 4.39 Å². The predicted molar refractivity (Wildman–Crippen MR) is 80.3 cm³/mol. The number of carbonyl (C=O) groups excluding carboxylic acids is 2. The molecule has 0 aliphatic carbocycles. The molecule has 5 nitrogen and oxygen atoms in total. The summed E-state index contributed by atoms with van der Waals surface area (Å²) in [5, 5.41) is 9.43. The van der Waals surface area contributed by atoms with Gasteiger partial charge in [-0.1, -0.05) is 12.1 Å². The maximum absolute atomic E-state index is 12.8. The highest BCUT2D eigenvalue weighted by atomic mass is 19.1. The van der Waals surface area contributed by atoms with Gasteiger partial charge in [-0.05, 0) is 30.7 Å². The van der Waals surface area contributed by atoms with Gasteiger partial charge in [0.25, 0.3) is 0 Å². The van der Waals surface area contributed by atoms with E-state index in [1.165, 1.54) is 30.2 Å². The molecule has 0 spiro atoms. The minimum absolute atomic E-state index is 0.0549. The molecule has 0 aliphatic rings. The van der Waals surface area contributed by atoms with Crippen molar-refractivity contribution in [2.24, 2.45) is 0 Å². The fourth-order valence-electron chi connectivity index (χ4n) is 1.79. The Hall–Kier alpha value is -2.21. The lowest BCUT2D eigenvalue weighted by Crippen LogP contribution is -2.37. The van der Waals surface area contributed by atoms with Crippen LogP contribution < -0.4 is 0 Å². The van der Waals surface area contributed by atoms with Crippen molar-refractivity contribution in [3.05, 3.63) is 41.7 Å². The summed E-state index contributed by atoms with van der Waals surface area (Å²) in [6, 6.07) is 5.70. The Bertz CT molecular complexity index is 525. The van der Waals surface area contributed by atoms with E-state index in [9.17, 15) is 19.1 Å².